The molecule has 0 aromatic carbocycles. The number of aliphatic hydroxyl groups is 10. The molecule has 3 heterocycles. The Morgan fingerprint density at radius 3 is 1.99 bits per heavy atom. The van der Waals surface area contributed by atoms with Crippen LogP contribution in [0, 0.1) is 62.1 Å². The lowest BCUT2D eigenvalue weighted by Crippen LogP contribution is -2.70. The maximum Gasteiger partial charge on any atom is 0.335 e. The molecule has 5 aliphatic carbocycles. The molecule has 25 atom stereocenters. The molecule has 20 heteroatoms. The zero-order valence-electron chi connectivity index (χ0n) is 44.7. The van der Waals surface area contributed by atoms with E-state index < -0.39 is 158 Å². The summed E-state index contributed by atoms with van der Waals surface area (Å²) in [6.07, 6.45) is -15.0. The van der Waals surface area contributed by atoms with E-state index in [0.29, 0.717) is 31.3 Å². The van der Waals surface area contributed by atoms with Gasteiger partial charge in [-0.05, 0) is 98.2 Å². The average Bonchev–Trinajstić information content (AvgIpc) is 3.62. The number of hydrogen-bond donors (Lipinski definition) is 11. The highest BCUT2D eigenvalue weighted by Gasteiger charge is 2.72. The van der Waals surface area contributed by atoms with Crippen molar-refractivity contribution in [2.75, 3.05) is 26.4 Å². The van der Waals surface area contributed by atoms with Crippen molar-refractivity contribution in [3.8, 4) is 0 Å². The average molecular weight is 1060 g/mol. The second kappa shape index (κ2) is 20.8. The van der Waals surface area contributed by atoms with Gasteiger partial charge in [0.15, 0.2) is 25.0 Å². The van der Waals surface area contributed by atoms with E-state index >= 15 is 0 Å². The number of allylic oxidation sites excluding steroid dienone is 3. The molecule has 0 aromatic heterocycles. The van der Waals surface area contributed by atoms with E-state index in [-0.39, 0.29) is 41.1 Å². The van der Waals surface area contributed by atoms with Crippen LogP contribution >= 0.6 is 0 Å². The third-order valence-corrected chi connectivity index (χ3v) is 21.1. The van der Waals surface area contributed by atoms with Gasteiger partial charge in [0.05, 0.1) is 44.7 Å². The van der Waals surface area contributed by atoms with Crippen molar-refractivity contribution in [3.05, 3.63) is 23.3 Å². The van der Waals surface area contributed by atoms with E-state index in [2.05, 4.69) is 54.5 Å². The van der Waals surface area contributed by atoms with Crippen LogP contribution in [0.25, 0.3) is 0 Å². The molecule has 0 bridgehead atoms. The van der Waals surface area contributed by atoms with E-state index in [1.54, 1.807) is 19.9 Å². The summed E-state index contributed by atoms with van der Waals surface area (Å²) < 4.78 is 42.8. The largest absolute Gasteiger partial charge is 0.479 e. The number of hydrogen-bond acceptors (Lipinski definition) is 19. The molecule has 0 spiro atoms. The Labute approximate surface area is 434 Å². The van der Waals surface area contributed by atoms with Gasteiger partial charge in [0, 0.05) is 28.2 Å². The number of aliphatic carboxylic acids is 1. The number of ether oxygens (including phenoxy) is 7. The molecule has 8 aliphatic rings. The number of carbonyl (C=O) groups excluding carboxylic acids is 1. The third kappa shape index (κ3) is 8.98. The lowest BCUT2D eigenvalue weighted by molar-refractivity contribution is -0.373. The van der Waals surface area contributed by atoms with Gasteiger partial charge >= 0.3 is 11.9 Å². The van der Waals surface area contributed by atoms with Crippen molar-refractivity contribution in [1.82, 2.24) is 0 Å². The minimum Gasteiger partial charge on any atom is -0.479 e. The van der Waals surface area contributed by atoms with Gasteiger partial charge < -0.3 is 89.3 Å². The molecule has 20 nitrogen and oxygen atoms in total. The van der Waals surface area contributed by atoms with Gasteiger partial charge in [0.1, 0.15) is 54.9 Å². The van der Waals surface area contributed by atoms with Crippen molar-refractivity contribution in [1.29, 1.82) is 0 Å². The monoisotopic (exact) mass is 1050 g/mol. The molecule has 74 heavy (non-hydrogen) atoms. The number of rotatable bonds is 13. The van der Waals surface area contributed by atoms with Gasteiger partial charge in [0.25, 0.3) is 0 Å². The fraction of sp³-hybridized carbons (Fsp3) is 0.889. The summed E-state index contributed by atoms with van der Waals surface area (Å²) in [4.78, 5) is 26.1. The molecule has 4 saturated carbocycles. The topological polar surface area (TPSA) is 321 Å². The number of carbonyl (C=O) groups is 2. The van der Waals surface area contributed by atoms with Crippen LogP contribution in [0.1, 0.15) is 114 Å². The molecule has 11 N–H and O–H groups in total. The molecule has 8 rings (SSSR count). The van der Waals surface area contributed by atoms with Crippen LogP contribution in [-0.2, 0) is 42.7 Å². The van der Waals surface area contributed by atoms with Crippen molar-refractivity contribution in [2.24, 2.45) is 62.1 Å². The summed E-state index contributed by atoms with van der Waals surface area (Å²) in [6, 6.07) is 0. The minimum atomic E-state index is -1.92. The molecule has 0 radical (unpaired) electrons. The molecular formula is C54H86O20. The van der Waals surface area contributed by atoms with Crippen molar-refractivity contribution >= 4 is 11.9 Å². The zero-order chi connectivity index (χ0) is 54.6. The highest BCUT2D eigenvalue weighted by molar-refractivity contribution is 5.87. The smallest absolute Gasteiger partial charge is 0.335 e. The Kier molecular flexibility index (Phi) is 16.3. The maximum absolute atomic E-state index is 13.3. The second-order valence-electron chi connectivity index (χ2n) is 25.4. The maximum atomic E-state index is 13.3. The van der Waals surface area contributed by atoms with Crippen LogP contribution < -0.4 is 0 Å². The number of aliphatic hydroxyl groups excluding tert-OH is 10. The Balaban J connectivity index is 1.09. The second-order valence-corrected chi connectivity index (χ2v) is 25.4. The zero-order valence-corrected chi connectivity index (χ0v) is 44.7. The van der Waals surface area contributed by atoms with Gasteiger partial charge in [-0.15, -0.1) is 0 Å². The first kappa shape index (κ1) is 57.9. The van der Waals surface area contributed by atoms with Gasteiger partial charge in [-0.2, -0.15) is 0 Å². The summed E-state index contributed by atoms with van der Waals surface area (Å²) in [6.45, 7) is 18.7. The molecule has 3 saturated heterocycles. The normalized spacial score (nSPS) is 50.9. The quantitative estimate of drug-likeness (QED) is 0.0536. The Bertz CT molecular complexity index is 2110. The van der Waals surface area contributed by atoms with Crippen LogP contribution in [-0.4, -0.2) is 193 Å². The Morgan fingerprint density at radius 2 is 1.38 bits per heavy atom. The SMILES string of the molecule is C/C=C(/C)C(=O)O[C@H]1[C@H](C)[C@@]2(CO)C(CC1(C)C)C1=CCC3[C@@]4(C)CC[C@H](O[C@@H]5OC(C(=O)O)[C@@H](O)[C@@H](CO[C@@H]6O[C@@H](CO)C(O)[C@@H]6O)C5O[C@@H]5OC(CO)[C@H](O)[C@@H](O)C5O)C(C)(C)C4CC[C@@]3(C)[C@]1(C)C[C@H]2O. The first-order chi connectivity index (χ1) is 34.6. The predicted molar refractivity (Wildman–Crippen MR) is 260 cm³/mol. The summed E-state index contributed by atoms with van der Waals surface area (Å²) in [5.74, 6) is -3.73. The van der Waals surface area contributed by atoms with Gasteiger partial charge in [-0.1, -0.05) is 73.1 Å². The Morgan fingerprint density at radius 1 is 0.757 bits per heavy atom. The van der Waals surface area contributed by atoms with Gasteiger partial charge in [-0.3, -0.25) is 0 Å². The molecule has 8 unspecified atom stereocenters. The van der Waals surface area contributed by atoms with Crippen molar-refractivity contribution < 1.29 is 98.9 Å². The lowest BCUT2D eigenvalue weighted by Gasteiger charge is -2.73. The lowest BCUT2D eigenvalue weighted by atomic mass is 9.32. The highest BCUT2D eigenvalue weighted by atomic mass is 16.8. The van der Waals surface area contributed by atoms with E-state index in [0.717, 1.165) is 19.3 Å². The van der Waals surface area contributed by atoms with E-state index in [9.17, 15) is 65.8 Å². The van der Waals surface area contributed by atoms with Crippen LogP contribution in [0.15, 0.2) is 23.3 Å². The van der Waals surface area contributed by atoms with Crippen LogP contribution in [0.3, 0.4) is 0 Å². The molecular weight excluding hydrogens is 969 g/mol. The van der Waals surface area contributed by atoms with Gasteiger partial charge in [0.2, 0.25) is 0 Å². The van der Waals surface area contributed by atoms with Crippen LogP contribution in [0.2, 0.25) is 0 Å². The van der Waals surface area contributed by atoms with Crippen LogP contribution in [0.5, 0.6) is 0 Å². The summed E-state index contributed by atoms with van der Waals surface area (Å²) in [7, 11) is 0. The third-order valence-electron chi connectivity index (χ3n) is 21.1. The Hall–Kier alpha value is -2.22. The fourth-order valence-electron chi connectivity index (χ4n) is 16.5. The van der Waals surface area contributed by atoms with Crippen molar-refractivity contribution in [2.45, 2.75) is 212 Å². The number of esters is 1. The number of fused-ring (bicyclic) bond motifs is 7. The summed E-state index contributed by atoms with van der Waals surface area (Å²) in [5.41, 5.74) is -1.34. The first-order valence-electron chi connectivity index (χ1n) is 26.8. The van der Waals surface area contributed by atoms with E-state index in [1.165, 1.54) is 5.57 Å². The van der Waals surface area contributed by atoms with Crippen molar-refractivity contribution in [3.63, 3.8) is 0 Å². The van der Waals surface area contributed by atoms with Gasteiger partial charge in [-0.25, -0.2) is 9.59 Å². The summed E-state index contributed by atoms with van der Waals surface area (Å²) in [5, 5.41) is 120. The predicted octanol–water partition coefficient (Wildman–Crippen LogP) is 1.30. The minimum absolute atomic E-state index is 0.0282. The fourth-order valence-corrected chi connectivity index (χ4v) is 16.5. The number of carboxylic acids is 1. The highest BCUT2D eigenvalue weighted by Crippen LogP contribution is 2.76. The molecule has 3 aliphatic heterocycles. The summed E-state index contributed by atoms with van der Waals surface area (Å²) >= 11 is 0. The molecule has 422 valence electrons. The molecule has 7 fully saturated rings. The first-order valence-corrected chi connectivity index (χ1v) is 26.8. The molecule has 0 aromatic rings. The standard InChI is InChI=1S/C54H86O20/c1-11-24(2)45(67)74-43-25(3)54(23-57)28(18-49(43,4)5)27-12-13-32-51(8)16-15-34(50(6,7)31(51)14-17-52(32,9)53(27,10)19-33(54)58)71-48-41(72-47-40(64)38(62)36(60)29(20-55)70-47)26(35(59)42(73-48)44(65)66)22-68-46-39(63)37(61)30(21-56)69-46/h11-12,25-26,28-43,46-48,55-64H,13-23H2,1-10H3,(H,65,66)/b24-11-/t25-,26+,28?,29?,30-,31?,32?,33+,34-,35-,36-,37?,38+,39-,40?,41?,42?,43-,46+,47-,48+,51-,52+,53+,54-/m0/s1. The van der Waals surface area contributed by atoms with E-state index in [4.69, 9.17) is 33.2 Å². The number of carboxylic acid groups (broad SMARTS) is 1. The van der Waals surface area contributed by atoms with E-state index in [1.807, 2.05) is 6.92 Å². The molecule has 0 amide bonds. The van der Waals surface area contributed by atoms with Crippen LogP contribution in [0.4, 0.5) is 0 Å².